The predicted molar refractivity (Wildman–Crippen MR) is 99.3 cm³/mol. The number of aromatic nitrogens is 1. The molecule has 5 rings (SSSR count). The fourth-order valence-corrected chi connectivity index (χ4v) is 6.08. The Bertz CT molecular complexity index is 827. The molecule has 1 heterocycles. The molecule has 1 aromatic heterocycles. The molecule has 3 aliphatic rings. The van der Waals surface area contributed by atoms with Gasteiger partial charge >= 0.3 is 0 Å². The molecule has 0 saturated heterocycles. The number of carbonyl (C=O) groups is 1. The zero-order chi connectivity index (χ0) is 17.0. The number of hydrogen-bond donors (Lipinski definition) is 0. The molecule has 2 aromatic rings. The average Bonchev–Trinajstić information content (AvgIpc) is 2.97. The van der Waals surface area contributed by atoms with Crippen LogP contribution in [0.25, 0.3) is 11.1 Å². The standard InChI is InChI=1S/C23H25NO/c1-23-11-8-19-18-4-2-16(15-9-12-24-13-10-15)14-17(18)3-5-20(19)21(23)6-7-22(23)25/h2,4,9-10,12-14,19-21H,3,5-8,11H2,1H3/t19-,20-,21+,23+/m1/s1. The van der Waals surface area contributed by atoms with E-state index in [-0.39, 0.29) is 5.41 Å². The largest absolute Gasteiger partial charge is 0.299 e. The maximum absolute atomic E-state index is 12.4. The molecule has 3 aliphatic carbocycles. The molecule has 2 fully saturated rings. The highest BCUT2D eigenvalue weighted by Gasteiger charge is 2.54. The van der Waals surface area contributed by atoms with Gasteiger partial charge in [0.05, 0.1) is 0 Å². The van der Waals surface area contributed by atoms with Crippen molar-refractivity contribution in [2.24, 2.45) is 17.3 Å². The SMILES string of the molecule is C[C@]12CC[C@@H]3c4ccc(-c5ccncc5)cc4CC[C@H]3[C@@H]1CCC2=O. The van der Waals surface area contributed by atoms with Crippen LogP contribution in [0.3, 0.4) is 0 Å². The Morgan fingerprint density at radius 3 is 2.68 bits per heavy atom. The highest BCUT2D eigenvalue weighted by Crippen LogP contribution is 2.59. The third-order valence-corrected chi connectivity index (χ3v) is 7.45. The lowest BCUT2D eigenvalue weighted by Gasteiger charge is -2.48. The Morgan fingerprint density at radius 1 is 1.00 bits per heavy atom. The van der Waals surface area contributed by atoms with Gasteiger partial charge in [-0.3, -0.25) is 9.78 Å². The summed E-state index contributed by atoms with van der Waals surface area (Å²) in [6, 6.07) is 11.2. The Hall–Kier alpha value is -1.96. The Kier molecular flexibility index (Phi) is 3.38. The van der Waals surface area contributed by atoms with E-state index in [0.29, 0.717) is 23.5 Å². The van der Waals surface area contributed by atoms with Crippen LogP contribution in [0.2, 0.25) is 0 Å². The van der Waals surface area contributed by atoms with Gasteiger partial charge in [-0.25, -0.2) is 0 Å². The maximum Gasteiger partial charge on any atom is 0.139 e. The average molecular weight is 331 g/mol. The zero-order valence-corrected chi connectivity index (χ0v) is 14.9. The summed E-state index contributed by atoms with van der Waals surface area (Å²) in [7, 11) is 0. The van der Waals surface area contributed by atoms with Crippen LogP contribution in [-0.4, -0.2) is 10.8 Å². The lowest BCUT2D eigenvalue weighted by Crippen LogP contribution is -2.42. The van der Waals surface area contributed by atoms with E-state index < -0.39 is 0 Å². The van der Waals surface area contributed by atoms with Crippen LogP contribution < -0.4 is 0 Å². The van der Waals surface area contributed by atoms with Gasteiger partial charge in [0.25, 0.3) is 0 Å². The number of hydrogen-bond acceptors (Lipinski definition) is 2. The molecule has 4 atom stereocenters. The summed E-state index contributed by atoms with van der Waals surface area (Å²) in [5.74, 6) is 2.53. The monoisotopic (exact) mass is 331 g/mol. The molecule has 0 bridgehead atoms. The summed E-state index contributed by atoms with van der Waals surface area (Å²) < 4.78 is 0. The molecule has 0 unspecified atom stereocenters. The van der Waals surface area contributed by atoms with Gasteiger partial charge in [0.2, 0.25) is 0 Å². The molecule has 1 aromatic carbocycles. The van der Waals surface area contributed by atoms with Crippen LogP contribution in [0.5, 0.6) is 0 Å². The molecule has 2 heteroatoms. The quantitative estimate of drug-likeness (QED) is 0.721. The number of rotatable bonds is 1. The number of fused-ring (bicyclic) bond motifs is 5. The minimum Gasteiger partial charge on any atom is -0.299 e. The molecule has 2 nitrogen and oxygen atoms in total. The van der Waals surface area contributed by atoms with Gasteiger partial charge < -0.3 is 0 Å². The molecule has 2 saturated carbocycles. The zero-order valence-electron chi connectivity index (χ0n) is 14.9. The first-order chi connectivity index (χ1) is 12.2. The minimum absolute atomic E-state index is 0.0182. The third-order valence-electron chi connectivity index (χ3n) is 7.45. The van der Waals surface area contributed by atoms with Crippen LogP contribution in [0.4, 0.5) is 0 Å². The smallest absolute Gasteiger partial charge is 0.139 e. The number of pyridine rings is 1. The predicted octanol–water partition coefficient (Wildman–Crippen LogP) is 5.17. The topological polar surface area (TPSA) is 30.0 Å². The first-order valence-electron chi connectivity index (χ1n) is 9.73. The summed E-state index contributed by atoms with van der Waals surface area (Å²) in [4.78, 5) is 16.6. The molecular weight excluding hydrogens is 306 g/mol. The van der Waals surface area contributed by atoms with E-state index in [1.54, 1.807) is 5.56 Å². The normalized spacial score (nSPS) is 33.5. The van der Waals surface area contributed by atoms with Gasteiger partial charge in [0, 0.05) is 24.2 Å². The second kappa shape index (κ2) is 5.52. The Morgan fingerprint density at radius 2 is 1.84 bits per heavy atom. The molecule has 0 N–H and O–H groups in total. The van der Waals surface area contributed by atoms with Crippen molar-refractivity contribution in [1.29, 1.82) is 0 Å². The lowest BCUT2D eigenvalue weighted by molar-refractivity contribution is -0.129. The van der Waals surface area contributed by atoms with Crippen molar-refractivity contribution in [1.82, 2.24) is 4.98 Å². The van der Waals surface area contributed by atoms with E-state index in [4.69, 9.17) is 0 Å². The van der Waals surface area contributed by atoms with Crippen LogP contribution >= 0.6 is 0 Å². The van der Waals surface area contributed by atoms with E-state index in [2.05, 4.69) is 42.2 Å². The highest BCUT2D eigenvalue weighted by molar-refractivity contribution is 5.87. The summed E-state index contributed by atoms with van der Waals surface area (Å²) in [6.07, 6.45) is 10.4. The van der Waals surface area contributed by atoms with Crippen LogP contribution in [0.1, 0.15) is 56.1 Å². The van der Waals surface area contributed by atoms with Crippen LogP contribution in [0, 0.1) is 17.3 Å². The molecule has 0 amide bonds. The molecule has 0 radical (unpaired) electrons. The highest BCUT2D eigenvalue weighted by atomic mass is 16.1. The number of ketones is 1. The van der Waals surface area contributed by atoms with Gasteiger partial charge in [0.1, 0.15) is 5.78 Å². The van der Waals surface area contributed by atoms with Gasteiger partial charge in [-0.1, -0.05) is 25.1 Å². The lowest BCUT2D eigenvalue weighted by atomic mass is 9.55. The van der Waals surface area contributed by atoms with E-state index in [9.17, 15) is 4.79 Å². The van der Waals surface area contributed by atoms with Crippen molar-refractivity contribution < 1.29 is 4.79 Å². The Balaban J connectivity index is 1.50. The third kappa shape index (κ3) is 2.23. The van der Waals surface area contributed by atoms with E-state index in [1.165, 1.54) is 29.5 Å². The van der Waals surface area contributed by atoms with Gasteiger partial charge in [-0.15, -0.1) is 0 Å². The molecule has 0 aliphatic heterocycles. The number of carbonyl (C=O) groups excluding carboxylic acids is 1. The number of Topliss-reactive ketones (excluding diaryl/α,β-unsaturated/α-hetero) is 1. The van der Waals surface area contributed by atoms with Crippen LogP contribution in [0.15, 0.2) is 42.7 Å². The molecule has 0 spiro atoms. The van der Waals surface area contributed by atoms with Crippen molar-refractivity contribution in [3.8, 4) is 11.1 Å². The summed E-state index contributed by atoms with van der Waals surface area (Å²) in [6.45, 7) is 2.26. The van der Waals surface area contributed by atoms with E-state index in [1.807, 2.05) is 12.4 Å². The second-order valence-electron chi connectivity index (χ2n) is 8.48. The van der Waals surface area contributed by atoms with E-state index >= 15 is 0 Å². The van der Waals surface area contributed by atoms with Gasteiger partial charge in [-0.2, -0.15) is 0 Å². The van der Waals surface area contributed by atoms with Crippen molar-refractivity contribution in [3.63, 3.8) is 0 Å². The summed E-state index contributed by atoms with van der Waals surface area (Å²) in [5.41, 5.74) is 5.63. The van der Waals surface area contributed by atoms with Crippen molar-refractivity contribution in [3.05, 3.63) is 53.9 Å². The van der Waals surface area contributed by atoms with Crippen molar-refractivity contribution in [2.75, 3.05) is 0 Å². The minimum atomic E-state index is -0.0182. The summed E-state index contributed by atoms with van der Waals surface area (Å²) in [5, 5.41) is 0. The first-order valence-corrected chi connectivity index (χ1v) is 9.73. The number of aryl methyl sites for hydroxylation is 1. The maximum atomic E-state index is 12.4. The van der Waals surface area contributed by atoms with Gasteiger partial charge in [-0.05, 0) is 84.2 Å². The summed E-state index contributed by atoms with van der Waals surface area (Å²) >= 11 is 0. The fraction of sp³-hybridized carbons (Fsp3) is 0.478. The second-order valence-corrected chi connectivity index (χ2v) is 8.48. The van der Waals surface area contributed by atoms with Crippen molar-refractivity contribution in [2.45, 2.75) is 51.4 Å². The molecular formula is C23H25NO. The fourth-order valence-electron chi connectivity index (χ4n) is 6.08. The first kappa shape index (κ1) is 15.3. The van der Waals surface area contributed by atoms with Gasteiger partial charge in [0.15, 0.2) is 0 Å². The van der Waals surface area contributed by atoms with E-state index in [0.717, 1.165) is 25.7 Å². The molecule has 128 valence electrons. The number of nitrogens with zero attached hydrogens (tertiary/aromatic N) is 1. The van der Waals surface area contributed by atoms with Crippen molar-refractivity contribution >= 4 is 5.78 Å². The Labute approximate surface area is 149 Å². The molecule has 25 heavy (non-hydrogen) atoms. The van der Waals surface area contributed by atoms with Crippen LogP contribution in [-0.2, 0) is 11.2 Å². The number of benzene rings is 1.